The maximum Gasteiger partial charge on any atom is 0.264 e. The molecule has 0 bridgehead atoms. The second kappa shape index (κ2) is 23.4. The fourth-order valence-corrected chi connectivity index (χ4v) is 10.3. The number of para-hydroxylation sites is 1. The van der Waals surface area contributed by atoms with E-state index in [2.05, 4.69) is 66.2 Å². The van der Waals surface area contributed by atoms with Gasteiger partial charge in [0.2, 0.25) is 17.7 Å². The van der Waals surface area contributed by atoms with Crippen LogP contribution in [0.1, 0.15) is 87.1 Å². The molecule has 8 heterocycles. The smallest absolute Gasteiger partial charge is 0.264 e. The van der Waals surface area contributed by atoms with Gasteiger partial charge in [0.05, 0.1) is 30.9 Å². The molecule has 6 amide bonds. The summed E-state index contributed by atoms with van der Waals surface area (Å²) in [5.41, 5.74) is 14.4. The van der Waals surface area contributed by atoms with Crippen molar-refractivity contribution in [1.29, 1.82) is 0 Å². The number of anilines is 2. The summed E-state index contributed by atoms with van der Waals surface area (Å²) in [6.07, 6.45) is 11.5. The second-order valence-electron chi connectivity index (χ2n) is 19.2. The van der Waals surface area contributed by atoms with Crippen LogP contribution >= 0.6 is 0 Å². The van der Waals surface area contributed by atoms with Crippen LogP contribution in [-0.2, 0) is 41.6 Å². The van der Waals surface area contributed by atoms with Crippen LogP contribution in [0.15, 0.2) is 116 Å². The van der Waals surface area contributed by atoms with E-state index in [0.717, 1.165) is 49.8 Å². The van der Waals surface area contributed by atoms with Crippen molar-refractivity contribution in [3.63, 3.8) is 0 Å². The highest BCUT2D eigenvalue weighted by Crippen LogP contribution is 2.34. The third-order valence-electron chi connectivity index (χ3n) is 14.3. The lowest BCUT2D eigenvalue weighted by atomic mass is 10.0. The third kappa shape index (κ3) is 11.3. The summed E-state index contributed by atoms with van der Waals surface area (Å²) in [4.78, 5) is 104. The molecule has 0 aliphatic carbocycles. The predicted octanol–water partition coefficient (Wildman–Crippen LogP) is 6.76. The number of Topliss-reactive ketones (excluding diaryl/α,β-unsaturated/α-hetero) is 1. The molecule has 8 aromatic rings. The molecule has 0 spiro atoms. The van der Waals surface area contributed by atoms with Crippen molar-refractivity contribution in [3.05, 3.63) is 144 Å². The predicted molar refractivity (Wildman–Crippen MR) is 290 cm³/mol. The third-order valence-corrected chi connectivity index (χ3v) is 14.3. The number of nitrogens with two attached hydrogens (primary N) is 1. The van der Waals surface area contributed by atoms with E-state index in [1.54, 1.807) is 48.8 Å². The zero-order valence-electron chi connectivity index (χ0n) is 42.3. The van der Waals surface area contributed by atoms with E-state index in [1.807, 2.05) is 36.7 Å². The van der Waals surface area contributed by atoms with Crippen LogP contribution in [0.25, 0.3) is 43.6 Å². The molecule has 2 saturated heterocycles. The van der Waals surface area contributed by atoms with Gasteiger partial charge < -0.3 is 40.7 Å². The fraction of sp³-hybridized carbons (Fsp3) is 0.293. The van der Waals surface area contributed by atoms with Crippen LogP contribution in [-0.4, -0.2) is 123 Å². The maximum absolute atomic E-state index is 13.2. The number of piperidine rings is 2. The van der Waals surface area contributed by atoms with Gasteiger partial charge in [-0.1, -0.05) is 42.5 Å². The Morgan fingerprint density at radius 1 is 0.675 bits per heavy atom. The van der Waals surface area contributed by atoms with Gasteiger partial charge in [-0.05, 0) is 86.2 Å². The lowest BCUT2D eigenvalue weighted by molar-refractivity contribution is -0.137. The number of carbonyl (C=O) groups excluding carboxylic acids is 7. The van der Waals surface area contributed by atoms with Crippen molar-refractivity contribution in [2.75, 3.05) is 50.6 Å². The minimum Gasteiger partial charge on any atom is -0.398 e. The molecule has 0 saturated carbocycles. The summed E-state index contributed by atoms with van der Waals surface area (Å²) >= 11 is 0. The lowest BCUT2D eigenvalue weighted by Gasteiger charge is -2.29. The van der Waals surface area contributed by atoms with Crippen molar-refractivity contribution in [3.8, 4) is 0 Å². The molecular weight excluding hydrogens is 981 g/mol. The number of nitrogen functional groups attached to an aromatic ring is 1. The molecule has 4 aromatic carbocycles. The number of imide groups is 2. The van der Waals surface area contributed by atoms with E-state index in [1.165, 1.54) is 21.2 Å². The number of nitrogens with zero attached hydrogens (tertiary/aromatic N) is 4. The number of aromatic nitrogens is 4. The number of amides is 6. The Balaban J connectivity index is 0.000000169. The summed E-state index contributed by atoms with van der Waals surface area (Å²) in [5, 5.41) is 12.9. The van der Waals surface area contributed by atoms with E-state index in [-0.39, 0.29) is 29.9 Å². The van der Waals surface area contributed by atoms with E-state index in [0.29, 0.717) is 113 Å². The molecule has 4 aliphatic heterocycles. The Morgan fingerprint density at radius 3 is 2.16 bits per heavy atom. The topological polar surface area (TPSA) is 264 Å². The molecule has 77 heavy (non-hydrogen) atoms. The van der Waals surface area contributed by atoms with E-state index in [4.69, 9.17) is 15.2 Å². The van der Waals surface area contributed by atoms with Crippen LogP contribution < -0.4 is 21.7 Å². The van der Waals surface area contributed by atoms with Crippen LogP contribution in [0.2, 0.25) is 0 Å². The maximum atomic E-state index is 13.2. The van der Waals surface area contributed by atoms with Crippen LogP contribution in [0.4, 0.5) is 11.4 Å². The van der Waals surface area contributed by atoms with Crippen LogP contribution in [0.5, 0.6) is 0 Å². The molecule has 2 atom stereocenters. The van der Waals surface area contributed by atoms with Crippen molar-refractivity contribution < 1.29 is 43.0 Å². The molecule has 12 rings (SSSR count). The first-order valence-corrected chi connectivity index (χ1v) is 25.9. The summed E-state index contributed by atoms with van der Waals surface area (Å²) in [5.74, 6) is -1.84. The normalized spacial score (nSPS) is 17.0. The summed E-state index contributed by atoms with van der Waals surface area (Å²) in [6, 6.07) is 27.4. The molecule has 2 fully saturated rings. The second-order valence-corrected chi connectivity index (χ2v) is 19.2. The Morgan fingerprint density at radius 2 is 1.39 bits per heavy atom. The standard InChI is InChI=1S/C34H37N5O6.C13H13N3O3.C11H8N2/c40-23(10-8-22-9-11-24-26-21-35-14-12-27(26)38-29(24)20-22)4-3-16-44-18-19-45-17-15-36-28-6-1-5-25-31(28)34(43)39(33(25)42)30-7-2-13-37-32(30)41;14-9-3-1-2-7-8(9)6-16(13(7)19)10-4-5-11(17)15-12(10)18;1-2-4-10-8(3-1)9-7-12-6-5-11(9)13-10/h1,5-6,9,11-12,14,20-21,30,36,38H,2-4,7-8,10,13,15-19H2,(H,37,41);1-3,10H,4-6,14H2,(H,15,17,18);1-7,13H. The van der Waals surface area contributed by atoms with Crippen molar-refractivity contribution in [2.45, 2.75) is 70.0 Å². The minimum atomic E-state index is -0.772. The number of aromatic amines is 2. The van der Waals surface area contributed by atoms with E-state index >= 15 is 0 Å². The van der Waals surface area contributed by atoms with Gasteiger partial charge in [0.15, 0.2) is 0 Å². The Labute approximate surface area is 442 Å². The van der Waals surface area contributed by atoms with Gasteiger partial charge in [-0.25, -0.2) is 0 Å². The monoisotopic (exact) mass is 1040 g/mol. The number of fused-ring (bicyclic) bond motifs is 8. The highest BCUT2D eigenvalue weighted by atomic mass is 16.5. The minimum absolute atomic E-state index is 0.197. The molecule has 4 aliphatic rings. The Kier molecular flexibility index (Phi) is 15.7. The zero-order valence-corrected chi connectivity index (χ0v) is 42.3. The number of pyridine rings is 2. The number of ketones is 1. The van der Waals surface area contributed by atoms with Crippen LogP contribution in [0.3, 0.4) is 0 Å². The highest BCUT2D eigenvalue weighted by molar-refractivity contribution is 6.25. The van der Waals surface area contributed by atoms with Gasteiger partial charge in [-0.2, -0.15) is 0 Å². The number of ether oxygens (including phenoxy) is 2. The number of carbonyl (C=O) groups is 7. The Hall–Kier alpha value is -8.81. The molecule has 19 nitrogen and oxygen atoms in total. The molecule has 394 valence electrons. The number of nitrogens with one attached hydrogen (secondary N) is 5. The summed E-state index contributed by atoms with van der Waals surface area (Å²) < 4.78 is 11.3. The average molecular weight is 1040 g/mol. The summed E-state index contributed by atoms with van der Waals surface area (Å²) in [6.45, 7) is 3.00. The molecule has 19 heteroatoms. The van der Waals surface area contributed by atoms with Crippen molar-refractivity contribution in [1.82, 2.24) is 40.4 Å². The van der Waals surface area contributed by atoms with Gasteiger partial charge in [0, 0.05) is 136 Å². The first-order chi connectivity index (χ1) is 37.5. The summed E-state index contributed by atoms with van der Waals surface area (Å²) in [7, 11) is 0. The number of H-pyrrole nitrogens is 2. The Bertz CT molecular complexity index is 3520. The van der Waals surface area contributed by atoms with Crippen LogP contribution in [0, 0.1) is 0 Å². The van der Waals surface area contributed by atoms with Gasteiger partial charge in [-0.3, -0.25) is 53.7 Å². The molecule has 7 N–H and O–H groups in total. The van der Waals surface area contributed by atoms with Crippen molar-refractivity contribution in [2.24, 2.45) is 0 Å². The number of hydrogen-bond acceptors (Lipinski definition) is 13. The average Bonchev–Trinajstić information content (AvgIpc) is 4.28. The van der Waals surface area contributed by atoms with Gasteiger partial charge in [0.1, 0.15) is 17.9 Å². The largest absolute Gasteiger partial charge is 0.398 e. The quantitative estimate of drug-likeness (QED) is 0.0332. The number of aryl methyl sites for hydroxylation is 1. The van der Waals surface area contributed by atoms with Gasteiger partial charge >= 0.3 is 0 Å². The fourth-order valence-electron chi connectivity index (χ4n) is 10.3. The number of benzene rings is 4. The zero-order chi connectivity index (χ0) is 53.4. The molecular formula is C58H58N10O9. The number of hydrogen-bond donors (Lipinski definition) is 6. The first kappa shape index (κ1) is 51.7. The van der Waals surface area contributed by atoms with Gasteiger partial charge in [0.25, 0.3) is 17.7 Å². The highest BCUT2D eigenvalue weighted by Gasteiger charge is 2.45. The van der Waals surface area contributed by atoms with E-state index in [9.17, 15) is 33.6 Å². The van der Waals surface area contributed by atoms with Gasteiger partial charge in [-0.15, -0.1) is 0 Å². The lowest BCUT2D eigenvalue weighted by Crippen LogP contribution is -2.52. The van der Waals surface area contributed by atoms with Crippen molar-refractivity contribution >= 4 is 96.2 Å². The van der Waals surface area contributed by atoms with E-state index < -0.39 is 29.8 Å². The molecule has 2 unspecified atom stereocenters. The number of rotatable bonds is 16. The molecule has 0 radical (unpaired) electrons. The molecule has 4 aromatic heterocycles. The SMILES string of the molecule is Nc1cccc2c1CN(C1CCC(=O)NC1=O)C2=O.O=C(CCCOCCOCCNc1cccc2c1C(=O)N(C1CCCNC1=O)C2=O)CCc1ccc2c(c1)[nH]c1ccncc12.c1ccc2c(c1)[nH]c1ccncc12. The first-order valence-electron chi connectivity index (χ1n) is 25.9.